The minimum absolute atomic E-state index is 0.776. The molecule has 0 aromatic heterocycles. The summed E-state index contributed by atoms with van der Waals surface area (Å²) in [6.07, 6.45) is 5.99. The van der Waals surface area contributed by atoms with Crippen LogP contribution in [0.5, 0.6) is 0 Å². The molecule has 0 spiro atoms. The van der Waals surface area contributed by atoms with E-state index in [9.17, 15) is 10.2 Å². The fourth-order valence-electron chi connectivity index (χ4n) is 1.24. The molecular formula is C9H14O2Si. The summed E-state index contributed by atoms with van der Waals surface area (Å²) in [5.41, 5.74) is 1.77. The van der Waals surface area contributed by atoms with Crippen molar-refractivity contribution in [3.8, 4) is 0 Å². The molecule has 0 radical (unpaired) electrons. The van der Waals surface area contributed by atoms with Gasteiger partial charge in [0.15, 0.2) is 0 Å². The maximum Gasteiger partial charge on any atom is 0.104 e. The summed E-state index contributed by atoms with van der Waals surface area (Å²) in [5, 5.41) is 18.5. The van der Waals surface area contributed by atoms with Crippen molar-refractivity contribution in [1.29, 1.82) is 0 Å². The lowest BCUT2D eigenvalue weighted by Gasteiger charge is -2.33. The highest BCUT2D eigenvalue weighted by atomic mass is 28.3. The molecule has 0 saturated carbocycles. The van der Waals surface area contributed by atoms with E-state index in [1.54, 1.807) is 30.0 Å². The Balaban J connectivity index is 2.89. The van der Waals surface area contributed by atoms with Crippen LogP contribution < -0.4 is 0 Å². The molecule has 12 heavy (non-hydrogen) atoms. The van der Waals surface area contributed by atoms with Gasteiger partial charge in [-0.2, -0.15) is 0 Å². The van der Waals surface area contributed by atoms with Crippen molar-refractivity contribution in [2.24, 2.45) is 0 Å². The molecule has 1 rings (SSSR count). The van der Waals surface area contributed by atoms with E-state index in [0.717, 1.165) is 0 Å². The zero-order chi connectivity index (χ0) is 9.19. The molecule has 66 valence electrons. The Hall–Kier alpha value is -0.643. The molecular weight excluding hydrogens is 168 g/mol. The van der Waals surface area contributed by atoms with E-state index in [-0.39, 0.29) is 0 Å². The molecule has 0 heterocycles. The summed E-state index contributed by atoms with van der Waals surface area (Å²) in [6, 6.07) is 0. The lowest BCUT2D eigenvalue weighted by atomic mass is 10.1. The maximum atomic E-state index is 10.0. The summed E-state index contributed by atoms with van der Waals surface area (Å²) in [6.45, 7) is 5.61. The van der Waals surface area contributed by atoms with Crippen LogP contribution in [0.3, 0.4) is 0 Å². The lowest BCUT2D eigenvalue weighted by molar-refractivity contribution is 0.0425. The van der Waals surface area contributed by atoms with E-state index in [1.807, 2.05) is 6.55 Å². The first-order valence-corrected chi connectivity index (χ1v) is 6.40. The van der Waals surface area contributed by atoms with Crippen LogP contribution in [-0.4, -0.2) is 30.3 Å². The SMILES string of the molecule is C=C[Si@@H](C)[C@@]1(O)C=CC=C[C@@H]1O. The molecule has 0 aliphatic heterocycles. The Bertz CT molecular complexity index is 229. The fourth-order valence-corrected chi connectivity index (χ4v) is 2.68. The monoisotopic (exact) mass is 182 g/mol. The number of hydrogen-bond donors (Lipinski definition) is 2. The molecule has 2 nitrogen and oxygen atoms in total. The van der Waals surface area contributed by atoms with Gasteiger partial charge in [-0.05, 0) is 0 Å². The van der Waals surface area contributed by atoms with Crippen LogP contribution in [0.2, 0.25) is 6.55 Å². The average molecular weight is 182 g/mol. The first kappa shape index (κ1) is 9.44. The molecule has 0 unspecified atom stereocenters. The van der Waals surface area contributed by atoms with E-state index in [2.05, 4.69) is 6.58 Å². The highest BCUT2D eigenvalue weighted by Crippen LogP contribution is 2.21. The van der Waals surface area contributed by atoms with Crippen molar-refractivity contribution in [3.05, 3.63) is 36.6 Å². The summed E-state index contributed by atoms with van der Waals surface area (Å²) >= 11 is 0. The average Bonchev–Trinajstić information content (AvgIpc) is 2.09. The third-order valence-corrected chi connectivity index (χ3v) is 5.02. The Morgan fingerprint density at radius 1 is 1.58 bits per heavy atom. The van der Waals surface area contributed by atoms with Gasteiger partial charge in [-0.15, -0.1) is 12.3 Å². The van der Waals surface area contributed by atoms with Gasteiger partial charge in [0.2, 0.25) is 0 Å². The first-order chi connectivity index (χ1) is 5.61. The second-order valence-corrected chi connectivity index (χ2v) is 6.07. The predicted octanol–water partition coefficient (Wildman–Crippen LogP) is 0.326. The van der Waals surface area contributed by atoms with Gasteiger partial charge in [0.05, 0.1) is 0 Å². The third-order valence-electron chi connectivity index (χ3n) is 2.32. The summed E-state index contributed by atoms with van der Waals surface area (Å²) in [4.78, 5) is 0. The molecule has 0 bridgehead atoms. The molecule has 0 aromatic carbocycles. The Labute approximate surface area is 74.2 Å². The van der Waals surface area contributed by atoms with Gasteiger partial charge in [-0.3, -0.25) is 0 Å². The second kappa shape index (κ2) is 3.39. The van der Waals surface area contributed by atoms with Crippen LogP contribution in [0.25, 0.3) is 0 Å². The van der Waals surface area contributed by atoms with E-state index in [1.165, 1.54) is 0 Å². The van der Waals surface area contributed by atoms with E-state index >= 15 is 0 Å². The number of aliphatic hydroxyl groups excluding tert-OH is 1. The lowest BCUT2D eigenvalue weighted by Crippen LogP contribution is -2.51. The highest BCUT2D eigenvalue weighted by molar-refractivity contribution is 6.66. The fraction of sp³-hybridized carbons (Fsp3) is 0.333. The van der Waals surface area contributed by atoms with Crippen LogP contribution in [-0.2, 0) is 0 Å². The van der Waals surface area contributed by atoms with Crippen molar-refractivity contribution in [2.45, 2.75) is 17.9 Å². The van der Waals surface area contributed by atoms with Gasteiger partial charge >= 0.3 is 0 Å². The van der Waals surface area contributed by atoms with Crippen LogP contribution >= 0.6 is 0 Å². The standard InChI is InChI=1S/C9H14O2Si/c1-3-12(2)9(11)7-5-4-6-8(9)10/h3-8,10-12H,1H2,2H3/t8-,9-,12+/m0/s1. The zero-order valence-electron chi connectivity index (χ0n) is 7.14. The molecule has 0 aromatic rings. The summed E-state index contributed by atoms with van der Waals surface area (Å²) < 4.78 is 0. The number of aliphatic hydroxyl groups is 2. The van der Waals surface area contributed by atoms with Crippen LogP contribution in [0.4, 0.5) is 0 Å². The van der Waals surface area contributed by atoms with E-state index < -0.39 is 20.1 Å². The summed E-state index contributed by atoms with van der Waals surface area (Å²) in [7, 11) is -1.50. The smallest absolute Gasteiger partial charge is 0.104 e. The molecule has 0 amide bonds. The van der Waals surface area contributed by atoms with Gasteiger partial charge in [-0.25, -0.2) is 0 Å². The Kier molecular flexibility index (Phi) is 2.67. The maximum absolute atomic E-state index is 10.0. The Morgan fingerprint density at radius 2 is 2.25 bits per heavy atom. The van der Waals surface area contributed by atoms with Gasteiger partial charge in [-0.1, -0.05) is 30.9 Å². The van der Waals surface area contributed by atoms with E-state index in [0.29, 0.717) is 0 Å². The molecule has 3 atom stereocenters. The minimum atomic E-state index is -1.50. The normalized spacial score (nSPS) is 36.4. The van der Waals surface area contributed by atoms with Crippen molar-refractivity contribution in [2.75, 3.05) is 0 Å². The second-order valence-electron chi connectivity index (χ2n) is 3.10. The molecule has 3 heteroatoms. The molecule has 2 N–H and O–H groups in total. The quantitative estimate of drug-likeness (QED) is 0.604. The number of rotatable bonds is 2. The third kappa shape index (κ3) is 1.43. The number of hydrogen-bond acceptors (Lipinski definition) is 2. The molecule has 1 aliphatic carbocycles. The molecule has 0 fully saturated rings. The zero-order valence-corrected chi connectivity index (χ0v) is 8.30. The predicted molar refractivity (Wildman–Crippen MR) is 52.4 cm³/mol. The van der Waals surface area contributed by atoms with Crippen molar-refractivity contribution in [3.63, 3.8) is 0 Å². The molecule has 0 saturated heterocycles. The van der Waals surface area contributed by atoms with Crippen LogP contribution in [0, 0.1) is 0 Å². The van der Waals surface area contributed by atoms with Crippen molar-refractivity contribution < 1.29 is 10.2 Å². The van der Waals surface area contributed by atoms with E-state index in [4.69, 9.17) is 0 Å². The number of allylic oxidation sites excluding steroid dienone is 2. The Morgan fingerprint density at radius 3 is 2.75 bits per heavy atom. The van der Waals surface area contributed by atoms with Crippen molar-refractivity contribution >= 4 is 8.80 Å². The van der Waals surface area contributed by atoms with Crippen molar-refractivity contribution in [1.82, 2.24) is 0 Å². The van der Waals surface area contributed by atoms with Crippen LogP contribution in [0.1, 0.15) is 0 Å². The van der Waals surface area contributed by atoms with Gasteiger partial charge < -0.3 is 10.2 Å². The van der Waals surface area contributed by atoms with Crippen LogP contribution in [0.15, 0.2) is 36.6 Å². The van der Waals surface area contributed by atoms with Gasteiger partial charge in [0.25, 0.3) is 0 Å². The largest absolute Gasteiger partial charge is 0.386 e. The summed E-state index contributed by atoms with van der Waals surface area (Å²) in [5.74, 6) is 0. The van der Waals surface area contributed by atoms with Gasteiger partial charge in [0, 0.05) is 0 Å². The molecule has 1 aliphatic rings. The van der Waals surface area contributed by atoms with Gasteiger partial charge in [0.1, 0.15) is 20.1 Å². The highest BCUT2D eigenvalue weighted by Gasteiger charge is 2.37. The minimum Gasteiger partial charge on any atom is -0.386 e. The topological polar surface area (TPSA) is 40.5 Å². The first-order valence-electron chi connectivity index (χ1n) is 4.00.